The van der Waals surface area contributed by atoms with Gasteiger partial charge in [0.15, 0.2) is 11.6 Å². The maximum atomic E-state index is 12.7. The summed E-state index contributed by atoms with van der Waals surface area (Å²) in [5.74, 6) is 0.584. The Labute approximate surface area is 217 Å². The first-order valence-electron chi connectivity index (χ1n) is 11.5. The number of amides is 1. The van der Waals surface area contributed by atoms with E-state index in [-0.39, 0.29) is 42.8 Å². The molecule has 196 valence electrons. The Bertz CT molecular complexity index is 1380. The number of nitrogens with one attached hydrogen (secondary N) is 3. The summed E-state index contributed by atoms with van der Waals surface area (Å²) in [7, 11) is -2.42. The van der Waals surface area contributed by atoms with E-state index in [1.54, 1.807) is 6.08 Å². The molecule has 1 aliphatic rings. The Hall–Kier alpha value is -4.10. The number of benzene rings is 1. The Morgan fingerprint density at radius 2 is 1.92 bits per heavy atom. The van der Waals surface area contributed by atoms with E-state index in [4.69, 9.17) is 4.74 Å². The van der Waals surface area contributed by atoms with Crippen molar-refractivity contribution in [2.24, 2.45) is 4.36 Å². The van der Waals surface area contributed by atoms with Crippen LogP contribution in [-0.2, 0) is 14.5 Å². The number of morpholine rings is 1. The van der Waals surface area contributed by atoms with E-state index in [1.807, 2.05) is 24.3 Å². The molecule has 37 heavy (non-hydrogen) atoms. The van der Waals surface area contributed by atoms with E-state index in [1.165, 1.54) is 31.1 Å². The van der Waals surface area contributed by atoms with Gasteiger partial charge in [0.05, 0.1) is 25.6 Å². The molecule has 1 saturated heterocycles. The van der Waals surface area contributed by atoms with Gasteiger partial charge >= 0.3 is 0 Å². The summed E-state index contributed by atoms with van der Waals surface area (Å²) >= 11 is 0. The molecule has 13 heteroatoms. The van der Waals surface area contributed by atoms with Crippen molar-refractivity contribution in [3.05, 3.63) is 61.1 Å². The van der Waals surface area contributed by atoms with Crippen LogP contribution in [0, 0.1) is 0 Å². The number of hydrogen-bond acceptors (Lipinski definition) is 11. The lowest BCUT2D eigenvalue weighted by Crippen LogP contribution is -2.36. The number of rotatable bonds is 9. The topological polar surface area (TPSA) is 147 Å². The first kappa shape index (κ1) is 26.0. The lowest BCUT2D eigenvalue weighted by atomic mass is 10.2. The van der Waals surface area contributed by atoms with Crippen molar-refractivity contribution < 1.29 is 15.2 Å². The van der Waals surface area contributed by atoms with Crippen molar-refractivity contribution in [2.45, 2.75) is 0 Å². The summed E-state index contributed by atoms with van der Waals surface area (Å²) in [5, 5.41) is 8.90. The normalized spacial score (nSPS) is 13.5. The second-order valence-electron chi connectivity index (χ2n) is 8.39. The third kappa shape index (κ3) is 7.44. The van der Waals surface area contributed by atoms with Gasteiger partial charge in [0.2, 0.25) is 5.95 Å². The summed E-state index contributed by atoms with van der Waals surface area (Å²) in [5.41, 5.74) is 2.10. The minimum absolute atomic E-state index is 0. The molecule has 0 aliphatic carbocycles. The quantitative estimate of drug-likeness (QED) is 0.356. The van der Waals surface area contributed by atoms with Gasteiger partial charge in [0.25, 0.3) is 5.91 Å². The maximum Gasteiger partial charge on any atom is 0.256 e. The number of aromatic nitrogens is 4. The first-order chi connectivity index (χ1) is 17.8. The number of ether oxygens (including phenoxy) is 1. The molecule has 3 aromatic rings. The van der Waals surface area contributed by atoms with Crippen LogP contribution in [0.2, 0.25) is 0 Å². The Kier molecular flexibility index (Phi) is 8.25. The number of anilines is 5. The highest BCUT2D eigenvalue weighted by Gasteiger charge is 2.16. The van der Waals surface area contributed by atoms with Gasteiger partial charge in [0, 0.05) is 60.9 Å². The van der Waals surface area contributed by atoms with E-state index in [0.29, 0.717) is 13.2 Å². The zero-order valence-electron chi connectivity index (χ0n) is 20.7. The third-order valence-electron chi connectivity index (χ3n) is 5.12. The van der Waals surface area contributed by atoms with Gasteiger partial charge in [0.1, 0.15) is 11.4 Å². The molecule has 0 spiro atoms. The van der Waals surface area contributed by atoms with Crippen LogP contribution in [0.15, 0.2) is 59.9 Å². The van der Waals surface area contributed by atoms with E-state index in [9.17, 15) is 9.00 Å². The van der Waals surface area contributed by atoms with Crippen LogP contribution in [0.5, 0.6) is 0 Å². The number of carbonyl (C=O) groups excluding carboxylic acids is 1. The average molecular weight is 526 g/mol. The molecule has 2 aromatic heterocycles. The monoisotopic (exact) mass is 525 g/mol. The van der Waals surface area contributed by atoms with Gasteiger partial charge in [-0.1, -0.05) is 6.08 Å². The molecule has 3 N–H and O–H groups in total. The summed E-state index contributed by atoms with van der Waals surface area (Å²) in [6.45, 7) is 7.04. The van der Waals surface area contributed by atoms with E-state index >= 15 is 0 Å². The molecular weight excluding hydrogens is 494 g/mol. The van der Waals surface area contributed by atoms with Crippen LogP contribution in [0.1, 0.15) is 11.8 Å². The van der Waals surface area contributed by atoms with Crippen LogP contribution < -0.4 is 20.9 Å². The lowest BCUT2D eigenvalue weighted by Gasteiger charge is -2.28. The van der Waals surface area contributed by atoms with Crippen molar-refractivity contribution >= 4 is 50.4 Å². The summed E-state index contributed by atoms with van der Waals surface area (Å²) < 4.78 is 21.5. The zero-order valence-corrected chi connectivity index (χ0v) is 21.5. The zero-order chi connectivity index (χ0) is 26.3. The van der Waals surface area contributed by atoms with Crippen molar-refractivity contribution in [1.29, 1.82) is 0 Å². The van der Waals surface area contributed by atoms with Gasteiger partial charge < -0.3 is 25.6 Å². The standard InChI is InChI=1S/C24H29N9O3S.H2/c1-4-9-26-23(34)19-14-27-24(28-17-5-7-18(8-6-17)33-10-12-36-13-11-33)31-22(19)30-20-15-25-16-21(29-20)32-37(2,3)35;/h4-8,14-16H,1,9-13H2,2-3H3,(H,26,34)(H2,27,28,29,30,31);1H. The SMILES string of the molecule is C=CCNC(=O)c1cnc(Nc2ccc(N3CCOCC3)cc2)nc1Nc1cncc(N=S(C)(C)=O)n1.[HH]. The Morgan fingerprint density at radius 1 is 1.16 bits per heavy atom. The second-order valence-corrected chi connectivity index (χ2v) is 10.9. The van der Waals surface area contributed by atoms with Gasteiger partial charge in [-0.15, -0.1) is 6.58 Å². The number of hydrogen-bond donors (Lipinski definition) is 3. The van der Waals surface area contributed by atoms with Crippen LogP contribution in [-0.4, -0.2) is 75.4 Å². The van der Waals surface area contributed by atoms with Crippen molar-refractivity contribution in [3.63, 3.8) is 0 Å². The third-order valence-corrected chi connectivity index (χ3v) is 5.75. The van der Waals surface area contributed by atoms with Crippen molar-refractivity contribution in [2.75, 3.05) is 60.9 Å². The molecule has 0 saturated carbocycles. The molecule has 1 aliphatic heterocycles. The highest BCUT2D eigenvalue weighted by atomic mass is 32.2. The molecule has 4 rings (SSSR count). The van der Waals surface area contributed by atoms with Gasteiger partial charge in [-0.05, 0) is 24.3 Å². The van der Waals surface area contributed by atoms with E-state index < -0.39 is 9.73 Å². The first-order valence-corrected chi connectivity index (χ1v) is 13.9. The van der Waals surface area contributed by atoms with E-state index in [0.717, 1.165) is 24.5 Å². The number of carbonyl (C=O) groups is 1. The largest absolute Gasteiger partial charge is 0.378 e. The summed E-state index contributed by atoms with van der Waals surface area (Å²) in [4.78, 5) is 32.2. The molecule has 0 atom stereocenters. The molecule has 12 nitrogen and oxygen atoms in total. The molecular formula is C24H31N9O3S. The van der Waals surface area contributed by atoms with Crippen molar-refractivity contribution in [3.8, 4) is 0 Å². The minimum Gasteiger partial charge on any atom is -0.378 e. The fourth-order valence-electron chi connectivity index (χ4n) is 3.48. The van der Waals surface area contributed by atoms with Gasteiger partial charge in [-0.3, -0.25) is 9.78 Å². The minimum atomic E-state index is -2.42. The second kappa shape index (κ2) is 11.8. The molecule has 0 bridgehead atoms. The van der Waals surface area contributed by atoms with Crippen LogP contribution >= 0.6 is 0 Å². The number of nitrogens with zero attached hydrogens (tertiary/aromatic N) is 6. The van der Waals surface area contributed by atoms with Gasteiger partial charge in [-0.25, -0.2) is 14.2 Å². The predicted octanol–water partition coefficient (Wildman–Crippen LogP) is 3.11. The molecule has 1 aromatic carbocycles. The lowest BCUT2D eigenvalue weighted by molar-refractivity contribution is 0.0958. The fraction of sp³-hybridized carbons (Fsp3) is 0.292. The summed E-state index contributed by atoms with van der Waals surface area (Å²) in [6, 6.07) is 7.92. The fourth-order valence-corrected chi connectivity index (χ4v) is 4.01. The highest BCUT2D eigenvalue weighted by molar-refractivity contribution is 7.92. The maximum absolute atomic E-state index is 12.7. The molecule has 0 unspecified atom stereocenters. The molecule has 1 fully saturated rings. The van der Waals surface area contributed by atoms with E-state index in [2.05, 4.69) is 51.7 Å². The van der Waals surface area contributed by atoms with Crippen LogP contribution in [0.25, 0.3) is 0 Å². The van der Waals surface area contributed by atoms with Crippen LogP contribution in [0.3, 0.4) is 0 Å². The predicted molar refractivity (Wildman–Crippen MR) is 147 cm³/mol. The molecule has 1 amide bonds. The summed E-state index contributed by atoms with van der Waals surface area (Å²) in [6.07, 6.45) is 8.87. The highest BCUT2D eigenvalue weighted by Crippen LogP contribution is 2.24. The Balaban J connectivity index is 0.00000400. The van der Waals surface area contributed by atoms with Crippen LogP contribution in [0.4, 0.5) is 34.8 Å². The van der Waals surface area contributed by atoms with Crippen molar-refractivity contribution in [1.82, 2.24) is 25.3 Å². The molecule has 0 radical (unpaired) electrons. The Morgan fingerprint density at radius 3 is 2.62 bits per heavy atom. The smallest absolute Gasteiger partial charge is 0.256 e. The van der Waals surface area contributed by atoms with Gasteiger partial charge in [-0.2, -0.15) is 9.35 Å². The average Bonchev–Trinajstić information content (AvgIpc) is 2.88. The molecule has 3 heterocycles.